The molecule has 0 fully saturated rings. The van der Waals surface area contributed by atoms with E-state index in [1.54, 1.807) is 0 Å². The fourth-order valence-corrected chi connectivity index (χ4v) is 3.99. The fraction of sp³-hybridized carbons (Fsp3) is 0.500. The van der Waals surface area contributed by atoms with Crippen LogP contribution in [-0.4, -0.2) is 36.1 Å². The Balaban J connectivity index is 1.46. The lowest BCUT2D eigenvalue weighted by atomic mass is 10.1. The molecule has 0 bridgehead atoms. The van der Waals surface area contributed by atoms with Crippen molar-refractivity contribution in [3.05, 3.63) is 41.1 Å². The van der Waals surface area contributed by atoms with Crippen LogP contribution in [0, 0.1) is 0 Å². The second-order valence-electron chi connectivity index (χ2n) is 6.99. The third-order valence-corrected chi connectivity index (χ3v) is 5.33. The first-order valence-corrected chi connectivity index (χ1v) is 9.22. The molecule has 0 spiro atoms. The summed E-state index contributed by atoms with van der Waals surface area (Å²) in [5.41, 5.74) is 6.08. The topological polar surface area (TPSA) is 76.3 Å². The van der Waals surface area contributed by atoms with Gasteiger partial charge in [-0.3, -0.25) is 9.78 Å². The van der Waals surface area contributed by atoms with Gasteiger partial charge >= 0.3 is 0 Å². The van der Waals surface area contributed by atoms with Gasteiger partial charge in [0.1, 0.15) is 5.69 Å². The second kappa shape index (κ2) is 6.15. The van der Waals surface area contributed by atoms with Crippen LogP contribution in [0.3, 0.4) is 0 Å². The predicted molar refractivity (Wildman–Crippen MR) is 94.1 cm³/mol. The van der Waals surface area contributed by atoms with E-state index in [1.165, 1.54) is 36.2 Å². The molecule has 3 aromatic heterocycles. The number of nitrogens with zero attached hydrogens (tertiary/aromatic N) is 5. The van der Waals surface area contributed by atoms with Gasteiger partial charge in [0.2, 0.25) is 0 Å². The van der Waals surface area contributed by atoms with Crippen LogP contribution in [0.2, 0.25) is 0 Å². The van der Waals surface area contributed by atoms with Gasteiger partial charge in [-0.1, -0.05) is 6.42 Å². The summed E-state index contributed by atoms with van der Waals surface area (Å²) in [5, 5.41) is 16.0. The quantitative estimate of drug-likeness (QED) is 0.716. The van der Waals surface area contributed by atoms with E-state index in [9.17, 15) is 0 Å². The first kappa shape index (κ1) is 14.9. The van der Waals surface area contributed by atoms with Gasteiger partial charge in [-0.25, -0.2) is 4.98 Å². The molecule has 7 nitrogen and oxygen atoms in total. The van der Waals surface area contributed by atoms with Gasteiger partial charge in [0, 0.05) is 31.2 Å². The minimum absolute atomic E-state index is 0.752. The molecular weight excluding hydrogens is 314 g/mol. The zero-order valence-electron chi connectivity index (χ0n) is 14.3. The van der Waals surface area contributed by atoms with Crippen LogP contribution in [0.1, 0.15) is 41.9 Å². The summed E-state index contributed by atoms with van der Waals surface area (Å²) in [6.45, 7) is 3.52. The average molecular weight is 337 g/mol. The molecule has 0 atom stereocenters. The highest BCUT2D eigenvalue weighted by Gasteiger charge is 2.19. The lowest BCUT2D eigenvalue weighted by Gasteiger charge is -2.13. The largest absolute Gasteiger partial charge is 0.324 e. The number of aryl methyl sites for hydroxylation is 1. The smallest absolute Gasteiger partial charge is 0.160 e. The molecule has 2 N–H and O–H groups in total. The van der Waals surface area contributed by atoms with E-state index in [4.69, 9.17) is 5.10 Å². The molecule has 7 heteroatoms. The number of aromatic nitrogens is 6. The van der Waals surface area contributed by atoms with Gasteiger partial charge in [-0.15, -0.1) is 0 Å². The van der Waals surface area contributed by atoms with Crippen molar-refractivity contribution in [3.63, 3.8) is 0 Å². The molecule has 2 aliphatic rings. The minimum atomic E-state index is 0.752. The number of hydrogen-bond acceptors (Lipinski definition) is 4. The van der Waals surface area contributed by atoms with Crippen LogP contribution < -0.4 is 5.32 Å². The zero-order valence-corrected chi connectivity index (χ0v) is 14.3. The third kappa shape index (κ3) is 2.68. The summed E-state index contributed by atoms with van der Waals surface area (Å²) < 4.78 is 4.26. The van der Waals surface area contributed by atoms with Gasteiger partial charge in [0.25, 0.3) is 0 Å². The van der Waals surface area contributed by atoms with Crippen LogP contribution in [-0.2, 0) is 32.5 Å². The SMILES string of the molecule is c1cn(Cc2n[nH]c3c2CCCCC3)c(-c2cc3n(n2)CCNC3)n1. The summed E-state index contributed by atoms with van der Waals surface area (Å²) in [6, 6.07) is 2.15. The van der Waals surface area contributed by atoms with E-state index in [-0.39, 0.29) is 0 Å². The summed E-state index contributed by atoms with van der Waals surface area (Å²) >= 11 is 0. The van der Waals surface area contributed by atoms with Gasteiger partial charge in [0.05, 0.1) is 24.5 Å². The number of H-pyrrole nitrogens is 1. The Morgan fingerprint density at radius 2 is 2.12 bits per heavy atom. The first-order chi connectivity index (χ1) is 12.4. The van der Waals surface area contributed by atoms with Crippen molar-refractivity contribution in [1.82, 2.24) is 34.8 Å². The van der Waals surface area contributed by atoms with Crippen LogP contribution in [0.25, 0.3) is 11.5 Å². The number of fused-ring (bicyclic) bond motifs is 2. The summed E-state index contributed by atoms with van der Waals surface area (Å²) in [7, 11) is 0. The van der Waals surface area contributed by atoms with E-state index >= 15 is 0 Å². The lowest BCUT2D eigenvalue weighted by molar-refractivity contribution is 0.476. The van der Waals surface area contributed by atoms with Crippen molar-refractivity contribution in [1.29, 1.82) is 0 Å². The molecule has 0 unspecified atom stereocenters. The molecule has 3 aromatic rings. The van der Waals surface area contributed by atoms with Gasteiger partial charge in [0.15, 0.2) is 5.82 Å². The molecule has 0 aromatic carbocycles. The summed E-state index contributed by atoms with van der Waals surface area (Å²) in [5.74, 6) is 0.923. The molecule has 0 amide bonds. The van der Waals surface area contributed by atoms with Crippen molar-refractivity contribution in [2.24, 2.45) is 0 Å². The van der Waals surface area contributed by atoms with E-state index < -0.39 is 0 Å². The normalized spacial score (nSPS) is 17.1. The highest BCUT2D eigenvalue weighted by Crippen LogP contribution is 2.24. The third-order valence-electron chi connectivity index (χ3n) is 5.33. The number of rotatable bonds is 3. The first-order valence-electron chi connectivity index (χ1n) is 9.22. The monoisotopic (exact) mass is 337 g/mol. The van der Waals surface area contributed by atoms with Crippen molar-refractivity contribution in [2.75, 3.05) is 6.54 Å². The minimum Gasteiger partial charge on any atom is -0.324 e. The standard InChI is InChI=1S/C18H23N7/c1-2-4-14-15(5-3-1)21-22-17(14)12-24-8-7-20-18(24)16-10-13-11-19-6-9-25(13)23-16/h7-8,10,19H,1-6,9,11-12H2,(H,21,22). The van der Waals surface area contributed by atoms with E-state index in [0.717, 1.165) is 56.2 Å². The van der Waals surface area contributed by atoms with E-state index in [2.05, 4.69) is 35.8 Å². The van der Waals surface area contributed by atoms with Crippen molar-refractivity contribution in [2.45, 2.75) is 51.7 Å². The lowest BCUT2D eigenvalue weighted by Crippen LogP contribution is -2.28. The summed E-state index contributed by atoms with van der Waals surface area (Å²) in [4.78, 5) is 4.57. The fourth-order valence-electron chi connectivity index (χ4n) is 3.99. The Kier molecular flexibility index (Phi) is 3.66. The van der Waals surface area contributed by atoms with E-state index in [0.29, 0.717) is 0 Å². The van der Waals surface area contributed by atoms with Crippen LogP contribution in [0.4, 0.5) is 0 Å². The number of nitrogens with one attached hydrogen (secondary N) is 2. The number of aromatic amines is 1. The molecule has 5 rings (SSSR count). The second-order valence-corrected chi connectivity index (χ2v) is 6.99. The molecule has 1 aliphatic carbocycles. The number of hydrogen-bond donors (Lipinski definition) is 2. The van der Waals surface area contributed by atoms with Crippen molar-refractivity contribution in [3.8, 4) is 11.5 Å². The van der Waals surface area contributed by atoms with Crippen LogP contribution in [0.15, 0.2) is 18.5 Å². The van der Waals surface area contributed by atoms with E-state index in [1.807, 2.05) is 12.4 Å². The Morgan fingerprint density at radius 1 is 1.16 bits per heavy atom. The van der Waals surface area contributed by atoms with Gasteiger partial charge in [-0.2, -0.15) is 10.2 Å². The Hall–Kier alpha value is -2.41. The maximum atomic E-state index is 4.75. The molecular formula is C18H23N7. The zero-order chi connectivity index (χ0) is 16.6. The maximum absolute atomic E-state index is 4.75. The molecule has 0 radical (unpaired) electrons. The Morgan fingerprint density at radius 3 is 3.08 bits per heavy atom. The highest BCUT2D eigenvalue weighted by atomic mass is 15.3. The van der Waals surface area contributed by atoms with Crippen molar-refractivity contribution >= 4 is 0 Å². The Labute approximate surface area is 146 Å². The molecule has 4 heterocycles. The molecule has 25 heavy (non-hydrogen) atoms. The van der Waals surface area contributed by atoms with Gasteiger partial charge in [-0.05, 0) is 37.3 Å². The average Bonchev–Trinajstić information content (AvgIpc) is 3.30. The van der Waals surface area contributed by atoms with Crippen LogP contribution in [0.5, 0.6) is 0 Å². The molecule has 0 saturated carbocycles. The number of imidazole rings is 1. The van der Waals surface area contributed by atoms with Gasteiger partial charge < -0.3 is 9.88 Å². The molecule has 130 valence electrons. The Bertz CT molecular complexity index is 862. The maximum Gasteiger partial charge on any atom is 0.160 e. The van der Waals surface area contributed by atoms with Crippen LogP contribution >= 0.6 is 0 Å². The summed E-state index contributed by atoms with van der Waals surface area (Å²) in [6.07, 6.45) is 9.99. The predicted octanol–water partition coefficient (Wildman–Crippen LogP) is 1.89. The van der Waals surface area contributed by atoms with Crippen molar-refractivity contribution < 1.29 is 0 Å². The molecule has 0 saturated heterocycles. The highest BCUT2D eigenvalue weighted by molar-refractivity contribution is 5.51. The molecule has 1 aliphatic heterocycles.